The minimum Gasteiger partial charge on any atom is -0.480 e. The lowest BCUT2D eigenvalue weighted by Gasteiger charge is -2.20. The zero-order valence-corrected chi connectivity index (χ0v) is 12.6. The first-order valence-corrected chi connectivity index (χ1v) is 7.08. The Balaban J connectivity index is 2.41. The van der Waals surface area contributed by atoms with Crippen LogP contribution in [0.15, 0.2) is 41.7 Å². The Hall–Kier alpha value is -1.59. The third kappa shape index (κ3) is 3.29. The van der Waals surface area contributed by atoms with Gasteiger partial charge in [-0.05, 0) is 32.0 Å². The maximum atomic E-state index is 11.3. The first kappa shape index (κ1) is 14.8. The van der Waals surface area contributed by atoms with Crippen molar-refractivity contribution in [1.29, 1.82) is 0 Å². The highest BCUT2D eigenvalue weighted by atomic mass is 35.5. The molecule has 0 fully saturated rings. The van der Waals surface area contributed by atoms with Crippen LogP contribution in [0.3, 0.4) is 0 Å². The Labute approximate surface area is 126 Å². The van der Waals surface area contributed by atoms with Crippen LogP contribution < -0.4 is 0 Å². The monoisotopic (exact) mass is 308 g/mol. The van der Waals surface area contributed by atoms with Crippen molar-refractivity contribution in [2.75, 3.05) is 0 Å². The van der Waals surface area contributed by atoms with Crippen LogP contribution in [0.4, 0.5) is 0 Å². The van der Waals surface area contributed by atoms with E-state index in [2.05, 4.69) is 9.97 Å². The Bertz CT molecular complexity index is 629. The number of aliphatic carboxylic acids is 1. The van der Waals surface area contributed by atoms with E-state index in [4.69, 9.17) is 11.6 Å². The SMILES string of the molecule is CC(C)(Sc1ccncc1-c1ccc(Cl)nc1)C(=O)O. The Kier molecular flexibility index (Phi) is 4.30. The number of carbonyl (C=O) groups is 1. The molecule has 6 heteroatoms. The van der Waals surface area contributed by atoms with Crippen molar-refractivity contribution in [3.63, 3.8) is 0 Å². The second-order valence-corrected chi connectivity index (χ2v) is 6.71. The fourth-order valence-electron chi connectivity index (χ4n) is 1.54. The summed E-state index contributed by atoms with van der Waals surface area (Å²) in [4.78, 5) is 20.2. The van der Waals surface area contributed by atoms with E-state index in [0.29, 0.717) is 5.15 Å². The zero-order valence-electron chi connectivity index (χ0n) is 11.0. The van der Waals surface area contributed by atoms with E-state index in [1.165, 1.54) is 11.8 Å². The molecule has 0 spiro atoms. The van der Waals surface area contributed by atoms with Crippen molar-refractivity contribution < 1.29 is 9.90 Å². The van der Waals surface area contributed by atoms with Gasteiger partial charge < -0.3 is 5.11 Å². The minimum absolute atomic E-state index is 0.415. The highest BCUT2D eigenvalue weighted by molar-refractivity contribution is 8.01. The van der Waals surface area contributed by atoms with Crippen LogP contribution in [0.2, 0.25) is 5.15 Å². The van der Waals surface area contributed by atoms with Gasteiger partial charge in [-0.15, -0.1) is 11.8 Å². The smallest absolute Gasteiger partial charge is 0.319 e. The van der Waals surface area contributed by atoms with Gasteiger partial charge in [-0.3, -0.25) is 9.78 Å². The molecule has 2 heterocycles. The number of rotatable bonds is 4. The second-order valence-electron chi connectivity index (χ2n) is 4.66. The Morgan fingerprint density at radius 1 is 1.30 bits per heavy atom. The van der Waals surface area contributed by atoms with E-state index in [1.54, 1.807) is 44.6 Å². The average molecular weight is 309 g/mol. The molecule has 4 nitrogen and oxygen atoms in total. The van der Waals surface area contributed by atoms with Crippen LogP contribution in [0.1, 0.15) is 13.8 Å². The molecule has 0 unspecified atom stereocenters. The summed E-state index contributed by atoms with van der Waals surface area (Å²) in [6.07, 6.45) is 5.00. The molecule has 0 radical (unpaired) electrons. The summed E-state index contributed by atoms with van der Waals surface area (Å²) in [5.74, 6) is -0.862. The number of thioether (sulfide) groups is 1. The number of carboxylic acid groups (broad SMARTS) is 1. The van der Waals surface area contributed by atoms with Crippen LogP contribution in [-0.4, -0.2) is 25.8 Å². The first-order chi connectivity index (χ1) is 9.40. The summed E-state index contributed by atoms with van der Waals surface area (Å²) in [6, 6.07) is 5.34. The van der Waals surface area contributed by atoms with Gasteiger partial charge in [0.25, 0.3) is 0 Å². The number of hydrogen-bond donors (Lipinski definition) is 1. The summed E-state index contributed by atoms with van der Waals surface area (Å²) in [5.41, 5.74) is 1.70. The lowest BCUT2D eigenvalue weighted by molar-refractivity contribution is -0.138. The van der Waals surface area contributed by atoms with Crippen LogP contribution in [0.5, 0.6) is 0 Å². The first-order valence-electron chi connectivity index (χ1n) is 5.88. The van der Waals surface area contributed by atoms with Crippen molar-refractivity contribution in [2.24, 2.45) is 0 Å². The molecule has 20 heavy (non-hydrogen) atoms. The Morgan fingerprint density at radius 3 is 2.65 bits per heavy atom. The minimum atomic E-state index is -0.921. The molecule has 104 valence electrons. The van der Waals surface area contributed by atoms with Gasteiger partial charge in [0.05, 0.1) is 0 Å². The largest absolute Gasteiger partial charge is 0.480 e. The van der Waals surface area contributed by atoms with Crippen molar-refractivity contribution in [2.45, 2.75) is 23.5 Å². The quantitative estimate of drug-likeness (QED) is 0.688. The number of aromatic nitrogens is 2. The molecule has 0 amide bonds. The lowest BCUT2D eigenvalue weighted by Crippen LogP contribution is -2.27. The summed E-state index contributed by atoms with van der Waals surface area (Å²) in [6.45, 7) is 3.34. The average Bonchev–Trinajstić information content (AvgIpc) is 2.40. The zero-order chi connectivity index (χ0) is 14.8. The van der Waals surface area contributed by atoms with E-state index in [9.17, 15) is 9.90 Å². The lowest BCUT2D eigenvalue weighted by atomic mass is 10.1. The van der Waals surface area contributed by atoms with Gasteiger partial charge in [0.2, 0.25) is 0 Å². The number of hydrogen-bond acceptors (Lipinski definition) is 4. The molecule has 2 aromatic rings. The second kappa shape index (κ2) is 5.81. The highest BCUT2D eigenvalue weighted by Crippen LogP contribution is 2.38. The fraction of sp³-hybridized carbons (Fsp3) is 0.214. The molecule has 0 aromatic carbocycles. The topological polar surface area (TPSA) is 63.1 Å². The van der Waals surface area contributed by atoms with Crippen molar-refractivity contribution in [3.05, 3.63) is 41.9 Å². The van der Waals surface area contributed by atoms with Gasteiger partial charge in [0, 0.05) is 34.6 Å². The molecular formula is C14H13ClN2O2S. The van der Waals surface area contributed by atoms with Gasteiger partial charge in [0.15, 0.2) is 0 Å². The van der Waals surface area contributed by atoms with E-state index in [0.717, 1.165) is 16.0 Å². The number of halogens is 1. The van der Waals surface area contributed by atoms with Gasteiger partial charge >= 0.3 is 5.97 Å². The third-order valence-corrected chi connectivity index (χ3v) is 4.18. The van der Waals surface area contributed by atoms with Gasteiger partial charge in [-0.1, -0.05) is 11.6 Å². The van der Waals surface area contributed by atoms with E-state index in [1.807, 2.05) is 6.07 Å². The summed E-state index contributed by atoms with van der Waals surface area (Å²) in [5, 5.41) is 9.65. The summed E-state index contributed by atoms with van der Waals surface area (Å²) < 4.78 is -0.921. The summed E-state index contributed by atoms with van der Waals surface area (Å²) in [7, 11) is 0. The molecule has 2 rings (SSSR count). The Morgan fingerprint density at radius 2 is 2.05 bits per heavy atom. The van der Waals surface area contributed by atoms with Crippen molar-refractivity contribution >= 4 is 29.3 Å². The molecule has 0 atom stereocenters. The van der Waals surface area contributed by atoms with Crippen molar-refractivity contribution in [1.82, 2.24) is 9.97 Å². The molecule has 1 N–H and O–H groups in total. The molecule has 0 saturated carbocycles. The number of nitrogens with zero attached hydrogens (tertiary/aromatic N) is 2. The predicted octanol–water partition coefficient (Wildman–Crippen LogP) is 3.75. The van der Waals surface area contributed by atoms with E-state index < -0.39 is 10.7 Å². The molecule has 0 aliphatic carbocycles. The van der Waals surface area contributed by atoms with Gasteiger partial charge in [-0.25, -0.2) is 4.98 Å². The molecule has 0 bridgehead atoms. The summed E-state index contributed by atoms with van der Waals surface area (Å²) >= 11 is 7.06. The van der Waals surface area contributed by atoms with Crippen LogP contribution in [0.25, 0.3) is 11.1 Å². The normalized spacial score (nSPS) is 11.3. The molecule has 2 aromatic heterocycles. The van der Waals surface area contributed by atoms with E-state index in [-0.39, 0.29) is 0 Å². The third-order valence-electron chi connectivity index (χ3n) is 2.70. The van der Waals surface area contributed by atoms with Crippen LogP contribution in [0, 0.1) is 0 Å². The maximum Gasteiger partial charge on any atom is 0.319 e. The molecule has 0 saturated heterocycles. The molecule has 0 aliphatic rings. The highest BCUT2D eigenvalue weighted by Gasteiger charge is 2.29. The van der Waals surface area contributed by atoms with Crippen LogP contribution in [-0.2, 0) is 4.79 Å². The predicted molar refractivity (Wildman–Crippen MR) is 80.0 cm³/mol. The van der Waals surface area contributed by atoms with Crippen molar-refractivity contribution in [3.8, 4) is 11.1 Å². The standard InChI is InChI=1S/C14H13ClN2O2S/c1-14(2,13(18)19)20-11-5-6-16-8-10(11)9-3-4-12(15)17-7-9/h3-8H,1-2H3,(H,18,19). The van der Waals surface area contributed by atoms with E-state index >= 15 is 0 Å². The van der Waals surface area contributed by atoms with Crippen LogP contribution >= 0.6 is 23.4 Å². The number of pyridine rings is 2. The maximum absolute atomic E-state index is 11.3. The molecular weight excluding hydrogens is 296 g/mol. The van der Waals surface area contributed by atoms with Gasteiger partial charge in [-0.2, -0.15) is 0 Å². The fourth-order valence-corrected chi connectivity index (χ4v) is 2.70. The number of carboxylic acids is 1. The van der Waals surface area contributed by atoms with Gasteiger partial charge in [0.1, 0.15) is 9.90 Å². The molecule has 0 aliphatic heterocycles.